The Morgan fingerprint density at radius 2 is 2.11 bits per heavy atom. The van der Waals surface area contributed by atoms with E-state index in [1.165, 1.54) is 11.3 Å². The van der Waals surface area contributed by atoms with Gasteiger partial charge in [-0.2, -0.15) is 5.10 Å². The second-order valence-electron chi connectivity index (χ2n) is 7.89. The summed E-state index contributed by atoms with van der Waals surface area (Å²) >= 11 is 1.40. The molecule has 0 atom stereocenters. The maximum Gasteiger partial charge on any atom is 0.266 e. The minimum Gasteiger partial charge on any atom is -0.327 e. The Morgan fingerprint density at radius 1 is 1.33 bits per heavy atom. The summed E-state index contributed by atoms with van der Waals surface area (Å²) in [5.74, 6) is 0.790. The first-order valence-corrected chi connectivity index (χ1v) is 10.4. The Kier molecular flexibility index (Phi) is 3.87. The van der Waals surface area contributed by atoms with Crippen molar-refractivity contribution in [1.82, 2.24) is 20.0 Å². The Labute approximate surface area is 161 Å². The lowest BCUT2D eigenvalue weighted by Crippen LogP contribution is -2.43. The molecule has 2 fully saturated rings. The first kappa shape index (κ1) is 16.9. The highest BCUT2D eigenvalue weighted by Gasteiger charge is 2.59. The van der Waals surface area contributed by atoms with Crippen LogP contribution in [0.4, 0.5) is 5.82 Å². The third kappa shape index (κ3) is 2.70. The lowest BCUT2D eigenvalue weighted by molar-refractivity contribution is -0.140. The van der Waals surface area contributed by atoms with Crippen molar-refractivity contribution in [3.05, 3.63) is 33.6 Å². The van der Waals surface area contributed by atoms with Crippen molar-refractivity contribution in [2.75, 3.05) is 25.5 Å². The fourth-order valence-electron chi connectivity index (χ4n) is 4.43. The zero-order valence-corrected chi connectivity index (χ0v) is 16.1. The first-order chi connectivity index (χ1) is 13.1. The summed E-state index contributed by atoms with van der Waals surface area (Å²) in [7, 11) is 2.11. The predicted molar refractivity (Wildman–Crippen MR) is 103 cm³/mol. The summed E-state index contributed by atoms with van der Waals surface area (Å²) in [5.41, 5.74) is 1.78. The highest BCUT2D eigenvalue weighted by molar-refractivity contribution is 7.12. The van der Waals surface area contributed by atoms with E-state index in [0.29, 0.717) is 17.2 Å². The number of hydrogen-bond donors (Lipinski definition) is 2. The van der Waals surface area contributed by atoms with Gasteiger partial charge in [-0.3, -0.25) is 14.7 Å². The van der Waals surface area contributed by atoms with Gasteiger partial charge in [0.25, 0.3) is 5.91 Å². The molecular weight excluding hydrogens is 362 g/mol. The van der Waals surface area contributed by atoms with Gasteiger partial charge in [-0.15, -0.1) is 11.3 Å². The molecule has 4 heterocycles. The van der Waals surface area contributed by atoms with Crippen LogP contribution >= 0.6 is 11.3 Å². The molecule has 0 unspecified atom stereocenters. The minimum absolute atomic E-state index is 0.111. The van der Waals surface area contributed by atoms with Gasteiger partial charge in [-0.1, -0.05) is 6.07 Å². The molecule has 2 aromatic heterocycles. The van der Waals surface area contributed by atoms with E-state index in [4.69, 9.17) is 0 Å². The number of amides is 2. The number of piperidine rings is 1. The summed E-state index contributed by atoms with van der Waals surface area (Å²) in [4.78, 5) is 30.6. The molecule has 7 nitrogen and oxygen atoms in total. The van der Waals surface area contributed by atoms with Crippen LogP contribution in [0, 0.1) is 5.92 Å². The Morgan fingerprint density at radius 3 is 2.78 bits per heavy atom. The Hall–Kier alpha value is -2.19. The monoisotopic (exact) mass is 385 g/mol. The summed E-state index contributed by atoms with van der Waals surface area (Å²) in [5, 5.41) is 12.3. The van der Waals surface area contributed by atoms with Gasteiger partial charge in [-0.25, -0.2) is 0 Å². The SMILES string of the molecule is CN1CCC(C(=O)N2Cc3c(NC(=O)c4cccs4)n[nH]c3C23CC3)CC1. The number of carbonyl (C=O) groups excluding carboxylic acids is 2. The molecule has 1 spiro atoms. The molecule has 0 radical (unpaired) electrons. The number of hydrogen-bond acceptors (Lipinski definition) is 5. The van der Waals surface area contributed by atoms with E-state index in [0.717, 1.165) is 50.0 Å². The van der Waals surface area contributed by atoms with Gasteiger partial charge in [0.2, 0.25) is 5.91 Å². The van der Waals surface area contributed by atoms with Gasteiger partial charge < -0.3 is 15.1 Å². The molecule has 27 heavy (non-hydrogen) atoms. The van der Waals surface area contributed by atoms with E-state index in [2.05, 4.69) is 27.5 Å². The Bertz CT molecular complexity index is 878. The van der Waals surface area contributed by atoms with Gasteiger partial charge in [-0.05, 0) is 57.3 Å². The van der Waals surface area contributed by atoms with Gasteiger partial charge >= 0.3 is 0 Å². The van der Waals surface area contributed by atoms with Gasteiger partial charge in [0.1, 0.15) is 0 Å². The first-order valence-electron chi connectivity index (χ1n) is 9.51. The summed E-state index contributed by atoms with van der Waals surface area (Å²) in [6, 6.07) is 3.65. The second-order valence-corrected chi connectivity index (χ2v) is 8.84. The second kappa shape index (κ2) is 6.17. The standard InChI is InChI=1S/C19H23N5O2S/c1-23-8-4-12(5-9-23)18(26)24-11-13-15(19(24)6-7-19)21-22-16(13)20-17(25)14-3-2-10-27-14/h2-3,10,12H,4-9,11H2,1H3,(H2,20,21,22,25). The Balaban J connectivity index is 1.36. The van der Waals surface area contributed by atoms with Crippen LogP contribution in [0.3, 0.4) is 0 Å². The summed E-state index contributed by atoms with van der Waals surface area (Å²) in [6.07, 6.45) is 3.80. The number of fused-ring (bicyclic) bond motifs is 2. The van der Waals surface area contributed by atoms with Gasteiger partial charge in [0.05, 0.1) is 22.7 Å². The third-order valence-electron chi connectivity index (χ3n) is 6.20. The summed E-state index contributed by atoms with van der Waals surface area (Å²) < 4.78 is 0. The van der Waals surface area contributed by atoms with Crippen molar-refractivity contribution in [2.24, 2.45) is 5.92 Å². The number of rotatable bonds is 3. The molecule has 2 aromatic rings. The molecule has 2 aliphatic heterocycles. The van der Waals surface area contributed by atoms with Crippen LogP contribution < -0.4 is 5.32 Å². The summed E-state index contributed by atoms with van der Waals surface area (Å²) in [6.45, 7) is 2.50. The van der Waals surface area contributed by atoms with E-state index in [1.807, 2.05) is 16.3 Å². The quantitative estimate of drug-likeness (QED) is 0.850. The normalized spacial score (nSPS) is 21.4. The third-order valence-corrected chi connectivity index (χ3v) is 7.07. The molecule has 0 bridgehead atoms. The van der Waals surface area contributed by atoms with Crippen LogP contribution in [0.2, 0.25) is 0 Å². The zero-order valence-electron chi connectivity index (χ0n) is 15.3. The maximum absolute atomic E-state index is 13.2. The number of nitrogens with one attached hydrogen (secondary N) is 2. The van der Waals surface area contributed by atoms with E-state index in [1.54, 1.807) is 6.07 Å². The molecule has 2 N–H and O–H groups in total. The molecule has 5 rings (SSSR count). The fraction of sp³-hybridized carbons (Fsp3) is 0.526. The number of nitrogens with zero attached hydrogens (tertiary/aromatic N) is 3. The van der Waals surface area contributed by atoms with Crippen molar-refractivity contribution in [3.8, 4) is 0 Å². The molecular formula is C19H23N5O2S. The lowest BCUT2D eigenvalue weighted by Gasteiger charge is -2.33. The number of aromatic amines is 1. The molecule has 0 aromatic carbocycles. The molecule has 3 aliphatic rings. The predicted octanol–water partition coefficient (Wildman–Crippen LogP) is 2.40. The largest absolute Gasteiger partial charge is 0.327 e. The molecule has 1 saturated heterocycles. The van der Waals surface area contributed by atoms with Crippen LogP contribution in [0.1, 0.15) is 46.6 Å². The number of thiophene rings is 1. The molecule has 142 valence electrons. The van der Waals surface area contributed by atoms with Crippen LogP contribution in [0.5, 0.6) is 0 Å². The van der Waals surface area contributed by atoms with Gasteiger partial charge in [0.15, 0.2) is 5.82 Å². The van der Waals surface area contributed by atoms with Crippen molar-refractivity contribution < 1.29 is 9.59 Å². The van der Waals surface area contributed by atoms with Gasteiger partial charge in [0, 0.05) is 11.5 Å². The van der Waals surface area contributed by atoms with E-state index in [-0.39, 0.29) is 23.3 Å². The average Bonchev–Trinajstić information content (AvgIpc) is 3.02. The molecule has 8 heteroatoms. The smallest absolute Gasteiger partial charge is 0.266 e. The van der Waals surface area contributed by atoms with Crippen LogP contribution in [-0.2, 0) is 16.9 Å². The number of anilines is 1. The van der Waals surface area contributed by atoms with Crippen LogP contribution in [-0.4, -0.2) is 51.9 Å². The average molecular weight is 385 g/mol. The molecule has 2 amide bonds. The van der Waals surface area contributed by atoms with E-state index >= 15 is 0 Å². The fourth-order valence-corrected chi connectivity index (χ4v) is 5.05. The van der Waals surface area contributed by atoms with E-state index < -0.39 is 0 Å². The van der Waals surface area contributed by atoms with Crippen molar-refractivity contribution in [3.63, 3.8) is 0 Å². The van der Waals surface area contributed by atoms with Crippen LogP contribution in [0.15, 0.2) is 17.5 Å². The van der Waals surface area contributed by atoms with Crippen LogP contribution in [0.25, 0.3) is 0 Å². The van der Waals surface area contributed by atoms with Crippen molar-refractivity contribution >= 4 is 29.0 Å². The number of aromatic nitrogens is 2. The van der Waals surface area contributed by atoms with E-state index in [9.17, 15) is 9.59 Å². The number of H-pyrrole nitrogens is 1. The van der Waals surface area contributed by atoms with Crippen molar-refractivity contribution in [2.45, 2.75) is 37.8 Å². The highest BCUT2D eigenvalue weighted by Crippen LogP contribution is 2.57. The number of carbonyl (C=O) groups is 2. The highest BCUT2D eigenvalue weighted by atomic mass is 32.1. The lowest BCUT2D eigenvalue weighted by atomic mass is 9.95. The van der Waals surface area contributed by atoms with Crippen molar-refractivity contribution in [1.29, 1.82) is 0 Å². The molecule has 1 aliphatic carbocycles. The number of likely N-dealkylation sites (tertiary alicyclic amines) is 1. The minimum atomic E-state index is -0.214. The topological polar surface area (TPSA) is 81.3 Å². The molecule has 1 saturated carbocycles. The maximum atomic E-state index is 13.2. The zero-order chi connectivity index (χ0) is 18.6.